The molecule has 90 valence electrons. The fraction of sp³-hybridized carbons (Fsp3) is 0.300. The smallest absolute Gasteiger partial charge is 0.227 e. The fourth-order valence-corrected chi connectivity index (χ4v) is 2.16. The summed E-state index contributed by atoms with van der Waals surface area (Å²) in [6, 6.07) is 1.82. The van der Waals surface area contributed by atoms with Gasteiger partial charge in [-0.15, -0.1) is 10.2 Å². The highest BCUT2D eigenvalue weighted by Gasteiger charge is 2.14. The molecule has 2 rings (SSSR count). The Morgan fingerprint density at radius 1 is 1.59 bits per heavy atom. The van der Waals surface area contributed by atoms with E-state index in [2.05, 4.69) is 10.2 Å². The number of carbonyl (C=O) groups is 1. The summed E-state index contributed by atoms with van der Waals surface area (Å²) in [5, 5.41) is 8.81. The molecule has 2 heterocycles. The zero-order valence-electron chi connectivity index (χ0n) is 9.29. The third-order valence-electron chi connectivity index (χ3n) is 2.16. The number of amides is 1. The Labute approximate surface area is 102 Å². The lowest BCUT2D eigenvalue weighted by atomic mass is 10.3. The molecule has 0 spiro atoms. The summed E-state index contributed by atoms with van der Waals surface area (Å²) in [5.41, 5.74) is 5.97. The number of furan rings is 1. The highest BCUT2D eigenvalue weighted by molar-refractivity contribution is 7.99. The van der Waals surface area contributed by atoms with E-state index in [9.17, 15) is 4.79 Å². The van der Waals surface area contributed by atoms with E-state index in [1.807, 2.05) is 17.6 Å². The number of aromatic nitrogens is 3. The topological polar surface area (TPSA) is 86.9 Å². The van der Waals surface area contributed by atoms with E-state index in [0.29, 0.717) is 11.7 Å². The number of rotatable bonds is 5. The number of thioether (sulfide) groups is 1. The maximum Gasteiger partial charge on any atom is 0.227 e. The van der Waals surface area contributed by atoms with Crippen molar-refractivity contribution in [2.24, 2.45) is 5.73 Å². The van der Waals surface area contributed by atoms with E-state index in [-0.39, 0.29) is 11.7 Å². The molecule has 2 aromatic heterocycles. The predicted octanol–water partition coefficient (Wildman–Crippen LogP) is 1.14. The standard InChI is InChI=1S/C10H12N4O2S/c1-2-14-9(7-3-4-16-5-7)12-13-10(14)17-6-8(11)15/h3-5H,2,6H2,1H3,(H2,11,15). The lowest BCUT2D eigenvalue weighted by Crippen LogP contribution is -2.13. The van der Waals surface area contributed by atoms with Gasteiger partial charge in [0.1, 0.15) is 6.26 Å². The molecular weight excluding hydrogens is 240 g/mol. The van der Waals surface area contributed by atoms with E-state index in [1.165, 1.54) is 11.8 Å². The molecule has 0 aliphatic carbocycles. The minimum Gasteiger partial charge on any atom is -0.472 e. The molecule has 0 unspecified atom stereocenters. The third kappa shape index (κ3) is 2.50. The van der Waals surface area contributed by atoms with E-state index in [1.54, 1.807) is 12.5 Å². The van der Waals surface area contributed by atoms with Crippen LogP contribution in [0.3, 0.4) is 0 Å². The number of nitrogens with zero attached hydrogens (tertiary/aromatic N) is 3. The summed E-state index contributed by atoms with van der Waals surface area (Å²) in [5.74, 6) is 0.558. The first-order valence-electron chi connectivity index (χ1n) is 5.09. The number of hydrogen-bond donors (Lipinski definition) is 1. The zero-order chi connectivity index (χ0) is 12.3. The van der Waals surface area contributed by atoms with Crippen molar-refractivity contribution < 1.29 is 9.21 Å². The van der Waals surface area contributed by atoms with Gasteiger partial charge in [0.2, 0.25) is 5.91 Å². The van der Waals surface area contributed by atoms with Gasteiger partial charge in [-0.3, -0.25) is 4.79 Å². The van der Waals surface area contributed by atoms with Crippen molar-refractivity contribution in [3.05, 3.63) is 18.6 Å². The van der Waals surface area contributed by atoms with E-state index in [0.717, 1.165) is 11.4 Å². The van der Waals surface area contributed by atoms with Crippen molar-refractivity contribution in [1.82, 2.24) is 14.8 Å². The minimum atomic E-state index is -0.370. The second-order valence-electron chi connectivity index (χ2n) is 3.32. The molecular formula is C10H12N4O2S. The number of nitrogens with two attached hydrogens (primary N) is 1. The van der Waals surface area contributed by atoms with Crippen LogP contribution in [0, 0.1) is 0 Å². The van der Waals surface area contributed by atoms with Gasteiger partial charge in [0.15, 0.2) is 11.0 Å². The van der Waals surface area contributed by atoms with Crippen LogP contribution in [-0.2, 0) is 11.3 Å². The van der Waals surface area contributed by atoms with Crippen LogP contribution in [-0.4, -0.2) is 26.4 Å². The molecule has 0 bridgehead atoms. The molecule has 2 aromatic rings. The van der Waals surface area contributed by atoms with Gasteiger partial charge in [-0.05, 0) is 13.0 Å². The van der Waals surface area contributed by atoms with Crippen LogP contribution >= 0.6 is 11.8 Å². The monoisotopic (exact) mass is 252 g/mol. The molecule has 1 amide bonds. The van der Waals surface area contributed by atoms with E-state index in [4.69, 9.17) is 10.2 Å². The van der Waals surface area contributed by atoms with Crippen LogP contribution in [0.5, 0.6) is 0 Å². The maximum absolute atomic E-state index is 10.7. The van der Waals surface area contributed by atoms with Gasteiger partial charge in [-0.2, -0.15) is 0 Å². The van der Waals surface area contributed by atoms with Gasteiger partial charge in [0, 0.05) is 6.54 Å². The molecule has 0 atom stereocenters. The van der Waals surface area contributed by atoms with Gasteiger partial charge >= 0.3 is 0 Å². The van der Waals surface area contributed by atoms with Crippen molar-refractivity contribution in [3.8, 4) is 11.4 Å². The average Bonchev–Trinajstić information content (AvgIpc) is 2.94. The molecule has 0 saturated heterocycles. The maximum atomic E-state index is 10.7. The van der Waals surface area contributed by atoms with Gasteiger partial charge in [-0.25, -0.2) is 0 Å². The Bertz CT molecular complexity index is 506. The molecule has 0 saturated carbocycles. The second-order valence-corrected chi connectivity index (χ2v) is 4.26. The third-order valence-corrected chi connectivity index (χ3v) is 3.15. The van der Waals surface area contributed by atoms with Gasteiger partial charge in [-0.1, -0.05) is 11.8 Å². The Balaban J connectivity index is 2.27. The van der Waals surface area contributed by atoms with Gasteiger partial charge in [0.25, 0.3) is 0 Å². The Morgan fingerprint density at radius 2 is 2.41 bits per heavy atom. The Morgan fingerprint density at radius 3 is 3.00 bits per heavy atom. The summed E-state index contributed by atoms with van der Waals surface area (Å²) in [4.78, 5) is 10.7. The van der Waals surface area contributed by atoms with Crippen LogP contribution in [0.4, 0.5) is 0 Å². The highest BCUT2D eigenvalue weighted by atomic mass is 32.2. The molecule has 17 heavy (non-hydrogen) atoms. The quantitative estimate of drug-likeness (QED) is 0.806. The van der Waals surface area contributed by atoms with E-state index >= 15 is 0 Å². The van der Waals surface area contributed by atoms with E-state index < -0.39 is 0 Å². The van der Waals surface area contributed by atoms with Crippen LogP contribution in [0.15, 0.2) is 28.2 Å². The first kappa shape index (κ1) is 11.7. The Kier molecular flexibility index (Phi) is 3.48. The SMILES string of the molecule is CCn1c(SCC(N)=O)nnc1-c1ccoc1. The molecule has 6 nitrogen and oxygen atoms in total. The van der Waals surface area contributed by atoms with Crippen LogP contribution in [0.25, 0.3) is 11.4 Å². The van der Waals surface area contributed by atoms with Gasteiger partial charge in [0.05, 0.1) is 17.6 Å². The van der Waals surface area contributed by atoms with Crippen molar-refractivity contribution in [2.75, 3.05) is 5.75 Å². The molecule has 7 heteroatoms. The van der Waals surface area contributed by atoms with Crippen molar-refractivity contribution in [1.29, 1.82) is 0 Å². The van der Waals surface area contributed by atoms with Crippen molar-refractivity contribution >= 4 is 17.7 Å². The highest BCUT2D eigenvalue weighted by Crippen LogP contribution is 2.23. The molecule has 2 N–H and O–H groups in total. The van der Waals surface area contributed by atoms with Crippen molar-refractivity contribution in [2.45, 2.75) is 18.6 Å². The van der Waals surface area contributed by atoms with Crippen molar-refractivity contribution in [3.63, 3.8) is 0 Å². The minimum absolute atomic E-state index is 0.198. The molecule has 0 aliphatic heterocycles. The lowest BCUT2D eigenvalue weighted by Gasteiger charge is -2.04. The summed E-state index contributed by atoms with van der Waals surface area (Å²) in [6.07, 6.45) is 3.19. The zero-order valence-corrected chi connectivity index (χ0v) is 10.1. The molecule has 0 fully saturated rings. The predicted molar refractivity (Wildman–Crippen MR) is 63.3 cm³/mol. The second kappa shape index (κ2) is 5.05. The first-order valence-corrected chi connectivity index (χ1v) is 6.07. The fourth-order valence-electron chi connectivity index (χ4n) is 1.42. The normalized spacial score (nSPS) is 10.6. The first-order chi connectivity index (χ1) is 8.22. The Hall–Kier alpha value is -1.76. The van der Waals surface area contributed by atoms with Crippen LogP contribution < -0.4 is 5.73 Å². The summed E-state index contributed by atoms with van der Waals surface area (Å²) >= 11 is 1.28. The largest absolute Gasteiger partial charge is 0.472 e. The number of hydrogen-bond acceptors (Lipinski definition) is 5. The summed E-state index contributed by atoms with van der Waals surface area (Å²) in [6.45, 7) is 2.70. The number of carbonyl (C=O) groups excluding carboxylic acids is 1. The van der Waals surface area contributed by atoms with Gasteiger partial charge < -0.3 is 14.7 Å². The van der Waals surface area contributed by atoms with Crippen LogP contribution in [0.1, 0.15) is 6.92 Å². The summed E-state index contributed by atoms with van der Waals surface area (Å²) in [7, 11) is 0. The average molecular weight is 252 g/mol. The molecule has 0 aromatic carbocycles. The molecule has 0 radical (unpaired) electrons. The van der Waals surface area contributed by atoms with Crippen LogP contribution in [0.2, 0.25) is 0 Å². The number of primary amides is 1. The summed E-state index contributed by atoms with van der Waals surface area (Å²) < 4.78 is 6.93. The lowest BCUT2D eigenvalue weighted by molar-refractivity contribution is -0.115. The molecule has 0 aliphatic rings.